The molecule has 0 saturated heterocycles. The second-order valence-electron chi connectivity index (χ2n) is 7.19. The molecule has 150 valence electrons. The van der Waals surface area contributed by atoms with Crippen LogP contribution >= 0.6 is 0 Å². The van der Waals surface area contributed by atoms with Crippen molar-refractivity contribution in [3.8, 4) is 0 Å². The van der Waals surface area contributed by atoms with Crippen LogP contribution in [0.25, 0.3) is 0 Å². The zero-order valence-corrected chi connectivity index (χ0v) is 17.5. The molecule has 1 aromatic heterocycles. The topological polar surface area (TPSA) is 79.6 Å². The number of benzene rings is 2. The molecule has 0 fully saturated rings. The van der Waals surface area contributed by atoms with E-state index in [0.29, 0.717) is 12.1 Å². The zero-order valence-electron chi connectivity index (χ0n) is 16.7. The van der Waals surface area contributed by atoms with Gasteiger partial charge in [-0.1, -0.05) is 41.6 Å². The highest BCUT2D eigenvalue weighted by Gasteiger charge is 2.21. The average molecular weight is 409 g/mol. The number of pyridine rings is 1. The Bertz CT molecular complexity index is 1140. The van der Waals surface area contributed by atoms with E-state index < -0.39 is 9.84 Å². The van der Waals surface area contributed by atoms with Gasteiger partial charge in [-0.05, 0) is 54.8 Å². The Labute approximate surface area is 171 Å². The smallest absolute Gasteiger partial charge is 0.175 e. The van der Waals surface area contributed by atoms with E-state index in [4.69, 9.17) is 0 Å². The maximum atomic E-state index is 11.8. The van der Waals surface area contributed by atoms with Gasteiger partial charge in [0.2, 0.25) is 0 Å². The van der Waals surface area contributed by atoms with Gasteiger partial charge in [-0.2, -0.15) is 0 Å². The molecule has 0 aliphatic rings. The fourth-order valence-electron chi connectivity index (χ4n) is 3.47. The maximum Gasteiger partial charge on any atom is 0.175 e. The van der Waals surface area contributed by atoms with Crippen molar-refractivity contribution in [3.63, 3.8) is 0 Å². The zero-order chi connectivity index (χ0) is 21.0. The van der Waals surface area contributed by atoms with Crippen LogP contribution in [0.1, 0.15) is 40.3 Å². The van der Waals surface area contributed by atoms with Gasteiger partial charge in [0.05, 0.1) is 10.6 Å². The van der Waals surface area contributed by atoms with E-state index in [9.17, 15) is 13.6 Å². The van der Waals surface area contributed by atoms with Crippen LogP contribution in [-0.2, 0) is 9.84 Å². The summed E-state index contributed by atoms with van der Waals surface area (Å²) in [6.07, 6.45) is 3.35. The highest BCUT2D eigenvalue weighted by molar-refractivity contribution is 7.90. The van der Waals surface area contributed by atoms with Gasteiger partial charge in [-0.3, -0.25) is 4.98 Å². The Morgan fingerprint density at radius 2 is 1.76 bits per heavy atom. The molecule has 5 nitrogen and oxygen atoms in total. The summed E-state index contributed by atoms with van der Waals surface area (Å²) >= 11 is 0. The second kappa shape index (κ2) is 8.57. The summed E-state index contributed by atoms with van der Waals surface area (Å²) in [7, 11) is -3.26. The predicted molar refractivity (Wildman–Crippen MR) is 114 cm³/mol. The fourth-order valence-corrected chi connectivity index (χ4v) is 4.10. The lowest BCUT2D eigenvalue weighted by Crippen LogP contribution is -2.12. The molecule has 2 aromatic carbocycles. The molecule has 0 bridgehead atoms. The summed E-state index contributed by atoms with van der Waals surface area (Å²) in [5.41, 5.74) is 5.38. The summed E-state index contributed by atoms with van der Waals surface area (Å²) in [6.45, 7) is 3.93. The van der Waals surface area contributed by atoms with Gasteiger partial charge in [0.25, 0.3) is 0 Å². The van der Waals surface area contributed by atoms with Gasteiger partial charge in [0, 0.05) is 36.0 Å². The molecular formula is C23H24N2O3S. The number of aromatic nitrogens is 1. The SMILES string of the molecule is Cc1cc(/C(C[C@H](c2ccc(S(C)(=O)=O)cc2)c2ccccc2C)=N/O)ccn1. The number of hydrogen-bond donors (Lipinski definition) is 1. The molecule has 3 rings (SSSR count). The summed E-state index contributed by atoms with van der Waals surface area (Å²) in [6, 6.07) is 18.7. The minimum Gasteiger partial charge on any atom is -0.411 e. The Morgan fingerprint density at radius 3 is 2.34 bits per heavy atom. The minimum atomic E-state index is -3.26. The van der Waals surface area contributed by atoms with Gasteiger partial charge in [0.1, 0.15) is 0 Å². The Balaban J connectivity index is 2.05. The van der Waals surface area contributed by atoms with Gasteiger partial charge in [-0.15, -0.1) is 0 Å². The van der Waals surface area contributed by atoms with E-state index in [1.54, 1.807) is 18.3 Å². The first kappa shape index (κ1) is 20.7. The van der Waals surface area contributed by atoms with Crippen LogP contribution in [0.5, 0.6) is 0 Å². The largest absolute Gasteiger partial charge is 0.411 e. The molecule has 3 aromatic rings. The first-order valence-electron chi connectivity index (χ1n) is 9.29. The van der Waals surface area contributed by atoms with Crippen molar-refractivity contribution in [2.24, 2.45) is 5.16 Å². The lowest BCUT2D eigenvalue weighted by atomic mass is 9.83. The fraction of sp³-hybridized carbons (Fsp3) is 0.217. The van der Waals surface area contributed by atoms with E-state index >= 15 is 0 Å². The molecule has 1 heterocycles. The standard InChI is InChI=1S/C23H24N2O3S/c1-16-6-4-5-7-21(16)22(18-8-10-20(11-9-18)29(3,27)28)15-23(25-26)19-12-13-24-17(2)14-19/h4-14,22,26H,15H2,1-3H3/b25-23+/t22-/m1/s1. The lowest BCUT2D eigenvalue weighted by molar-refractivity contribution is 0.317. The third-order valence-electron chi connectivity index (χ3n) is 5.02. The number of oxime groups is 1. The first-order chi connectivity index (χ1) is 13.8. The van der Waals surface area contributed by atoms with Crippen molar-refractivity contribution < 1.29 is 13.6 Å². The van der Waals surface area contributed by atoms with Crippen LogP contribution in [0.3, 0.4) is 0 Å². The average Bonchev–Trinajstić information content (AvgIpc) is 2.69. The number of nitrogens with zero attached hydrogens (tertiary/aromatic N) is 2. The maximum absolute atomic E-state index is 11.8. The normalized spacial score (nSPS) is 13.3. The van der Waals surface area contributed by atoms with Crippen molar-refractivity contribution in [2.75, 3.05) is 6.26 Å². The van der Waals surface area contributed by atoms with E-state index in [2.05, 4.69) is 16.2 Å². The van der Waals surface area contributed by atoms with Crippen LogP contribution in [0.4, 0.5) is 0 Å². The predicted octanol–water partition coefficient (Wildman–Crippen LogP) is 4.50. The summed E-state index contributed by atoms with van der Waals surface area (Å²) in [4.78, 5) is 4.49. The summed E-state index contributed by atoms with van der Waals surface area (Å²) < 4.78 is 23.6. The molecule has 0 aliphatic heterocycles. The second-order valence-corrected chi connectivity index (χ2v) is 9.20. The third-order valence-corrected chi connectivity index (χ3v) is 6.15. The van der Waals surface area contributed by atoms with Crippen LogP contribution in [0.2, 0.25) is 0 Å². The summed E-state index contributed by atoms with van der Waals surface area (Å²) in [5, 5.41) is 13.3. The van der Waals surface area contributed by atoms with E-state index in [0.717, 1.165) is 27.9 Å². The lowest BCUT2D eigenvalue weighted by Gasteiger charge is -2.21. The van der Waals surface area contributed by atoms with Crippen LogP contribution in [0, 0.1) is 13.8 Å². The molecular weight excluding hydrogens is 384 g/mol. The molecule has 0 unspecified atom stereocenters. The Morgan fingerprint density at radius 1 is 1.07 bits per heavy atom. The van der Waals surface area contributed by atoms with Crippen molar-refractivity contribution in [2.45, 2.75) is 31.1 Å². The highest BCUT2D eigenvalue weighted by atomic mass is 32.2. The molecule has 1 N–H and O–H groups in total. The van der Waals surface area contributed by atoms with Crippen molar-refractivity contribution >= 4 is 15.5 Å². The molecule has 0 spiro atoms. The summed E-state index contributed by atoms with van der Waals surface area (Å²) in [5.74, 6) is -0.0934. The highest BCUT2D eigenvalue weighted by Crippen LogP contribution is 2.32. The van der Waals surface area contributed by atoms with Crippen LogP contribution in [-0.4, -0.2) is 30.6 Å². The third kappa shape index (κ3) is 4.90. The number of rotatable bonds is 6. The Hall–Kier alpha value is -2.99. The quantitative estimate of drug-likeness (QED) is 0.370. The van der Waals surface area contributed by atoms with Gasteiger partial charge < -0.3 is 5.21 Å². The van der Waals surface area contributed by atoms with Gasteiger partial charge in [0.15, 0.2) is 9.84 Å². The number of hydrogen-bond acceptors (Lipinski definition) is 5. The van der Waals surface area contributed by atoms with Crippen molar-refractivity contribution in [1.29, 1.82) is 0 Å². The van der Waals surface area contributed by atoms with Gasteiger partial charge in [-0.25, -0.2) is 8.42 Å². The van der Waals surface area contributed by atoms with Crippen molar-refractivity contribution in [3.05, 3.63) is 94.8 Å². The van der Waals surface area contributed by atoms with Gasteiger partial charge >= 0.3 is 0 Å². The Kier molecular flexibility index (Phi) is 6.13. The molecule has 6 heteroatoms. The van der Waals surface area contributed by atoms with E-state index in [1.165, 1.54) is 6.26 Å². The molecule has 0 aliphatic carbocycles. The molecule has 0 radical (unpaired) electrons. The monoisotopic (exact) mass is 408 g/mol. The number of sulfone groups is 1. The molecule has 29 heavy (non-hydrogen) atoms. The minimum absolute atomic E-state index is 0.0934. The van der Waals surface area contributed by atoms with Crippen LogP contribution < -0.4 is 0 Å². The molecule has 0 saturated carbocycles. The number of aryl methyl sites for hydroxylation is 2. The van der Waals surface area contributed by atoms with Crippen LogP contribution in [0.15, 0.2) is 76.9 Å². The first-order valence-corrected chi connectivity index (χ1v) is 11.2. The van der Waals surface area contributed by atoms with E-state index in [-0.39, 0.29) is 10.8 Å². The van der Waals surface area contributed by atoms with Crippen molar-refractivity contribution in [1.82, 2.24) is 4.98 Å². The van der Waals surface area contributed by atoms with E-state index in [1.807, 2.05) is 56.3 Å². The molecule has 0 amide bonds. The molecule has 1 atom stereocenters.